The lowest BCUT2D eigenvalue weighted by molar-refractivity contribution is -0.202. The van der Waals surface area contributed by atoms with Gasteiger partial charge in [-0.25, -0.2) is 0 Å². The predicted octanol–water partition coefficient (Wildman–Crippen LogP) is 1.99. The minimum absolute atomic E-state index is 0.0695. The molecular weight excluding hydrogens is 273 g/mol. The van der Waals surface area contributed by atoms with E-state index < -0.39 is 23.2 Å². The fraction of sp³-hybridized carbons (Fsp3) is 0.846. The van der Waals surface area contributed by atoms with Gasteiger partial charge in [0, 0.05) is 13.0 Å². The van der Waals surface area contributed by atoms with Crippen LogP contribution in [0, 0.1) is 0 Å². The van der Waals surface area contributed by atoms with Gasteiger partial charge in [-0.05, 0) is 25.7 Å². The van der Waals surface area contributed by atoms with Crippen molar-refractivity contribution in [3.63, 3.8) is 0 Å². The van der Waals surface area contributed by atoms with Gasteiger partial charge in [0.05, 0.1) is 0 Å². The number of amides is 2. The van der Waals surface area contributed by atoms with Gasteiger partial charge in [-0.2, -0.15) is 13.2 Å². The van der Waals surface area contributed by atoms with E-state index in [1.165, 1.54) is 0 Å². The van der Waals surface area contributed by atoms with Gasteiger partial charge in [0.2, 0.25) is 11.8 Å². The number of rotatable bonds is 3. The van der Waals surface area contributed by atoms with Crippen LogP contribution in [0.5, 0.6) is 0 Å². The van der Waals surface area contributed by atoms with Crippen LogP contribution >= 0.6 is 0 Å². The molecule has 20 heavy (non-hydrogen) atoms. The molecule has 0 atom stereocenters. The summed E-state index contributed by atoms with van der Waals surface area (Å²) in [6, 6.07) is 0. The molecule has 0 spiro atoms. The fourth-order valence-electron chi connectivity index (χ4n) is 2.92. The Kier molecular flexibility index (Phi) is 3.50. The maximum atomic E-state index is 13.2. The summed E-state index contributed by atoms with van der Waals surface area (Å²) in [4.78, 5) is 25.3. The maximum Gasteiger partial charge on any atom is 0.411 e. The highest BCUT2D eigenvalue weighted by Crippen LogP contribution is 2.54. The van der Waals surface area contributed by atoms with E-state index in [0.717, 1.165) is 4.90 Å². The Morgan fingerprint density at radius 1 is 1.20 bits per heavy atom. The SMILES string of the molecule is CCC1(CC)NC(=O)CCN(C2(C(F)(F)F)CC2)C1=O. The van der Waals surface area contributed by atoms with Crippen LogP contribution in [0.1, 0.15) is 46.0 Å². The minimum atomic E-state index is -4.44. The minimum Gasteiger partial charge on any atom is -0.342 e. The average molecular weight is 292 g/mol. The molecule has 0 aromatic heterocycles. The van der Waals surface area contributed by atoms with Gasteiger partial charge in [0.1, 0.15) is 11.1 Å². The molecule has 1 aliphatic heterocycles. The van der Waals surface area contributed by atoms with Crippen LogP contribution in [0.25, 0.3) is 0 Å². The number of carbonyl (C=O) groups excluding carboxylic acids is 2. The second-order valence-corrected chi connectivity index (χ2v) is 5.57. The van der Waals surface area contributed by atoms with Gasteiger partial charge in [-0.3, -0.25) is 9.59 Å². The molecule has 1 N–H and O–H groups in total. The molecule has 2 fully saturated rings. The lowest BCUT2D eigenvalue weighted by atomic mass is 9.90. The number of carbonyl (C=O) groups is 2. The Bertz CT molecular complexity index is 426. The van der Waals surface area contributed by atoms with Crippen LogP contribution in [0.2, 0.25) is 0 Å². The van der Waals surface area contributed by atoms with Crippen molar-refractivity contribution in [1.29, 1.82) is 0 Å². The topological polar surface area (TPSA) is 49.4 Å². The standard InChI is InChI=1S/C13H19F3N2O2/c1-3-11(4-2)10(20)18(8-5-9(19)17-11)12(6-7-12)13(14,15)16/h3-8H2,1-2H3,(H,17,19). The number of hydrogen-bond donors (Lipinski definition) is 1. The third kappa shape index (κ3) is 2.07. The van der Waals surface area contributed by atoms with E-state index in [0.29, 0.717) is 12.8 Å². The predicted molar refractivity (Wildman–Crippen MR) is 65.8 cm³/mol. The molecule has 7 heteroatoms. The number of nitrogens with one attached hydrogen (secondary N) is 1. The van der Waals surface area contributed by atoms with Crippen molar-refractivity contribution in [2.45, 2.75) is 63.2 Å². The Morgan fingerprint density at radius 2 is 1.75 bits per heavy atom. The van der Waals surface area contributed by atoms with Crippen molar-refractivity contribution < 1.29 is 22.8 Å². The molecular formula is C13H19F3N2O2. The van der Waals surface area contributed by atoms with Gasteiger partial charge in [-0.1, -0.05) is 13.8 Å². The second-order valence-electron chi connectivity index (χ2n) is 5.57. The third-order valence-electron chi connectivity index (χ3n) is 4.57. The van der Waals surface area contributed by atoms with Crippen molar-refractivity contribution in [1.82, 2.24) is 10.2 Å². The number of halogens is 3. The molecule has 1 saturated heterocycles. The summed E-state index contributed by atoms with van der Waals surface area (Å²) in [7, 11) is 0. The highest BCUT2D eigenvalue weighted by Gasteiger charge is 2.69. The molecule has 0 radical (unpaired) electrons. The van der Waals surface area contributed by atoms with Gasteiger partial charge in [0.15, 0.2) is 0 Å². The summed E-state index contributed by atoms with van der Waals surface area (Å²) in [5, 5.41) is 2.63. The molecule has 2 amide bonds. The molecule has 1 heterocycles. The van der Waals surface area contributed by atoms with Crippen molar-refractivity contribution in [3.8, 4) is 0 Å². The monoisotopic (exact) mass is 292 g/mol. The summed E-state index contributed by atoms with van der Waals surface area (Å²) in [5.74, 6) is -0.953. The molecule has 1 saturated carbocycles. The van der Waals surface area contributed by atoms with Gasteiger partial charge in [0.25, 0.3) is 0 Å². The molecule has 114 valence electrons. The first-order chi connectivity index (χ1) is 9.22. The Morgan fingerprint density at radius 3 is 2.15 bits per heavy atom. The maximum absolute atomic E-state index is 13.2. The highest BCUT2D eigenvalue weighted by molar-refractivity contribution is 5.94. The first kappa shape index (κ1) is 15.1. The smallest absolute Gasteiger partial charge is 0.342 e. The third-order valence-corrected chi connectivity index (χ3v) is 4.57. The normalized spacial score (nSPS) is 25.1. The largest absolute Gasteiger partial charge is 0.411 e. The van der Waals surface area contributed by atoms with E-state index in [4.69, 9.17) is 0 Å². The van der Waals surface area contributed by atoms with Crippen LogP contribution in [0.3, 0.4) is 0 Å². The average Bonchev–Trinajstić information content (AvgIpc) is 3.16. The van der Waals surface area contributed by atoms with Crippen molar-refractivity contribution in [2.75, 3.05) is 6.54 Å². The van der Waals surface area contributed by atoms with Crippen LogP contribution in [0.15, 0.2) is 0 Å². The summed E-state index contributed by atoms with van der Waals surface area (Å²) >= 11 is 0. The number of hydrogen-bond acceptors (Lipinski definition) is 2. The molecule has 0 aromatic carbocycles. The summed E-state index contributed by atoms with van der Waals surface area (Å²) in [6.45, 7) is 3.25. The summed E-state index contributed by atoms with van der Waals surface area (Å²) in [5.41, 5.74) is -3.25. The molecule has 4 nitrogen and oxygen atoms in total. The fourth-order valence-corrected chi connectivity index (χ4v) is 2.92. The van der Waals surface area contributed by atoms with Crippen LogP contribution in [-0.2, 0) is 9.59 Å². The van der Waals surface area contributed by atoms with E-state index in [-0.39, 0.29) is 31.7 Å². The van der Waals surface area contributed by atoms with E-state index in [9.17, 15) is 22.8 Å². The van der Waals surface area contributed by atoms with Crippen LogP contribution < -0.4 is 5.32 Å². The van der Waals surface area contributed by atoms with Gasteiger partial charge >= 0.3 is 6.18 Å². The zero-order valence-electron chi connectivity index (χ0n) is 11.6. The Labute approximate surface area is 115 Å². The lowest BCUT2D eigenvalue weighted by Crippen LogP contribution is -2.61. The van der Waals surface area contributed by atoms with Crippen molar-refractivity contribution in [3.05, 3.63) is 0 Å². The van der Waals surface area contributed by atoms with E-state index in [2.05, 4.69) is 5.32 Å². The van der Waals surface area contributed by atoms with E-state index in [1.807, 2.05) is 0 Å². The van der Waals surface area contributed by atoms with Gasteiger partial charge < -0.3 is 10.2 Å². The van der Waals surface area contributed by atoms with E-state index >= 15 is 0 Å². The zero-order valence-corrected chi connectivity index (χ0v) is 11.6. The lowest BCUT2D eigenvalue weighted by Gasteiger charge is -2.38. The Hall–Kier alpha value is -1.27. The van der Waals surface area contributed by atoms with Crippen molar-refractivity contribution in [2.24, 2.45) is 0 Å². The van der Waals surface area contributed by atoms with E-state index in [1.54, 1.807) is 13.8 Å². The van der Waals surface area contributed by atoms with Crippen LogP contribution in [0.4, 0.5) is 13.2 Å². The molecule has 2 aliphatic rings. The van der Waals surface area contributed by atoms with Crippen molar-refractivity contribution >= 4 is 11.8 Å². The molecule has 1 aliphatic carbocycles. The van der Waals surface area contributed by atoms with Crippen LogP contribution in [-0.4, -0.2) is 40.5 Å². The van der Waals surface area contributed by atoms with Gasteiger partial charge in [-0.15, -0.1) is 0 Å². The second kappa shape index (κ2) is 4.63. The Balaban J connectivity index is 2.39. The first-order valence-electron chi connectivity index (χ1n) is 6.92. The first-order valence-corrected chi connectivity index (χ1v) is 6.92. The highest BCUT2D eigenvalue weighted by atomic mass is 19.4. The summed E-state index contributed by atoms with van der Waals surface area (Å²) < 4.78 is 39.7. The molecule has 0 aromatic rings. The summed E-state index contributed by atoms with van der Waals surface area (Å²) in [6.07, 6.45) is -4.08. The number of alkyl halides is 3. The molecule has 0 unspecified atom stereocenters. The number of nitrogens with zero attached hydrogens (tertiary/aromatic N) is 1. The molecule has 2 rings (SSSR count). The molecule has 0 bridgehead atoms. The zero-order chi connectivity index (χ0) is 15.2. The quantitative estimate of drug-likeness (QED) is 0.865.